The lowest BCUT2D eigenvalue weighted by Crippen LogP contribution is -2.23. The predicted octanol–water partition coefficient (Wildman–Crippen LogP) is 4.40. The molecule has 2 aliphatic rings. The largest absolute Gasteiger partial charge is 0.310 e. The van der Waals surface area contributed by atoms with Crippen LogP contribution in [0.5, 0.6) is 0 Å². The minimum Gasteiger partial charge on any atom is -0.310 e. The number of rotatable bonds is 5. The highest BCUT2D eigenvalue weighted by Gasteiger charge is 2.23. The van der Waals surface area contributed by atoms with E-state index in [1.165, 1.54) is 50.5 Å². The summed E-state index contributed by atoms with van der Waals surface area (Å²) < 4.78 is 0. The molecule has 102 valence electrons. The van der Waals surface area contributed by atoms with E-state index in [-0.39, 0.29) is 0 Å². The summed E-state index contributed by atoms with van der Waals surface area (Å²) in [7, 11) is 0. The molecular formula is C18H25N. The zero-order valence-corrected chi connectivity index (χ0v) is 11.8. The van der Waals surface area contributed by atoms with E-state index in [9.17, 15) is 0 Å². The van der Waals surface area contributed by atoms with Crippen molar-refractivity contribution in [2.75, 3.05) is 6.54 Å². The smallest absolute Gasteiger partial charge is 0.0173 e. The zero-order chi connectivity index (χ0) is 12.9. The van der Waals surface area contributed by atoms with E-state index >= 15 is 0 Å². The Morgan fingerprint density at radius 1 is 1.00 bits per heavy atom. The first-order valence-electron chi connectivity index (χ1n) is 7.91. The minimum atomic E-state index is 0.808. The van der Waals surface area contributed by atoms with Crippen LogP contribution in [0.2, 0.25) is 0 Å². The summed E-state index contributed by atoms with van der Waals surface area (Å²) >= 11 is 0. The molecule has 1 heteroatoms. The molecule has 0 bridgehead atoms. The molecule has 1 aromatic carbocycles. The maximum Gasteiger partial charge on any atom is 0.0173 e. The fraction of sp³-hybridized carbons (Fsp3) is 0.556. The summed E-state index contributed by atoms with van der Waals surface area (Å²) in [5.74, 6) is 0.820. The van der Waals surface area contributed by atoms with Gasteiger partial charge in [-0.2, -0.15) is 0 Å². The molecule has 0 aromatic heterocycles. The van der Waals surface area contributed by atoms with Crippen LogP contribution in [0.15, 0.2) is 35.9 Å². The van der Waals surface area contributed by atoms with Gasteiger partial charge in [0.25, 0.3) is 0 Å². The van der Waals surface area contributed by atoms with Crippen LogP contribution in [0.1, 0.15) is 50.5 Å². The molecule has 2 aliphatic carbocycles. The van der Waals surface area contributed by atoms with Crippen LogP contribution in [-0.2, 0) is 0 Å². The van der Waals surface area contributed by atoms with E-state index in [2.05, 4.69) is 41.7 Å². The topological polar surface area (TPSA) is 12.0 Å². The normalized spacial score (nSPS) is 21.6. The molecular weight excluding hydrogens is 230 g/mol. The Labute approximate surface area is 117 Å². The summed E-state index contributed by atoms with van der Waals surface area (Å²) in [5.41, 5.74) is 3.00. The van der Waals surface area contributed by atoms with Gasteiger partial charge in [0, 0.05) is 12.6 Å². The number of hydrogen-bond acceptors (Lipinski definition) is 1. The number of nitrogens with one attached hydrogen (secondary N) is 1. The SMILES string of the molecule is C(=C(CNC1CC1)C1CCCCC1)c1ccccc1. The van der Waals surface area contributed by atoms with Crippen LogP contribution in [-0.4, -0.2) is 12.6 Å². The molecule has 0 atom stereocenters. The molecule has 19 heavy (non-hydrogen) atoms. The highest BCUT2D eigenvalue weighted by molar-refractivity contribution is 5.53. The second-order valence-corrected chi connectivity index (χ2v) is 6.12. The molecule has 0 heterocycles. The monoisotopic (exact) mass is 255 g/mol. The lowest BCUT2D eigenvalue weighted by Gasteiger charge is -2.25. The third-order valence-electron chi connectivity index (χ3n) is 4.45. The Bertz CT molecular complexity index is 411. The van der Waals surface area contributed by atoms with Crippen LogP contribution < -0.4 is 5.32 Å². The Morgan fingerprint density at radius 3 is 2.42 bits per heavy atom. The molecule has 1 N–H and O–H groups in total. The van der Waals surface area contributed by atoms with Gasteiger partial charge in [0.15, 0.2) is 0 Å². The summed E-state index contributed by atoms with van der Waals surface area (Å²) in [6.45, 7) is 1.10. The molecule has 3 rings (SSSR count). The lowest BCUT2D eigenvalue weighted by molar-refractivity contribution is 0.396. The molecule has 0 amide bonds. The van der Waals surface area contributed by atoms with Crippen LogP contribution in [0.4, 0.5) is 0 Å². The minimum absolute atomic E-state index is 0.808. The molecule has 0 unspecified atom stereocenters. The van der Waals surface area contributed by atoms with Gasteiger partial charge >= 0.3 is 0 Å². The van der Waals surface area contributed by atoms with E-state index in [0.717, 1.165) is 18.5 Å². The zero-order valence-electron chi connectivity index (χ0n) is 11.8. The third-order valence-corrected chi connectivity index (χ3v) is 4.45. The van der Waals surface area contributed by atoms with Crippen molar-refractivity contribution in [2.24, 2.45) is 5.92 Å². The van der Waals surface area contributed by atoms with E-state index in [0.29, 0.717) is 0 Å². The Morgan fingerprint density at radius 2 is 1.74 bits per heavy atom. The van der Waals surface area contributed by atoms with E-state index in [1.807, 2.05) is 0 Å². The second-order valence-electron chi connectivity index (χ2n) is 6.12. The molecule has 2 fully saturated rings. The summed E-state index contributed by atoms with van der Waals surface area (Å²) in [6, 6.07) is 11.6. The van der Waals surface area contributed by atoms with Gasteiger partial charge in [0.1, 0.15) is 0 Å². The quantitative estimate of drug-likeness (QED) is 0.822. The number of benzene rings is 1. The Balaban J connectivity index is 1.71. The van der Waals surface area contributed by atoms with Crippen molar-refractivity contribution >= 4 is 6.08 Å². The van der Waals surface area contributed by atoms with Crippen molar-refractivity contribution in [3.63, 3.8) is 0 Å². The molecule has 0 spiro atoms. The highest BCUT2D eigenvalue weighted by atomic mass is 14.9. The van der Waals surface area contributed by atoms with E-state index in [1.54, 1.807) is 5.57 Å². The van der Waals surface area contributed by atoms with Crippen molar-refractivity contribution in [3.8, 4) is 0 Å². The van der Waals surface area contributed by atoms with Gasteiger partial charge in [0.2, 0.25) is 0 Å². The highest BCUT2D eigenvalue weighted by Crippen LogP contribution is 2.31. The van der Waals surface area contributed by atoms with Crippen molar-refractivity contribution in [1.82, 2.24) is 5.32 Å². The van der Waals surface area contributed by atoms with Crippen LogP contribution in [0, 0.1) is 5.92 Å². The first-order valence-corrected chi connectivity index (χ1v) is 7.91. The predicted molar refractivity (Wildman–Crippen MR) is 82.0 cm³/mol. The van der Waals surface area contributed by atoms with E-state index < -0.39 is 0 Å². The van der Waals surface area contributed by atoms with Crippen LogP contribution in [0.3, 0.4) is 0 Å². The van der Waals surface area contributed by atoms with Crippen molar-refractivity contribution in [2.45, 2.75) is 51.0 Å². The Kier molecular flexibility index (Phi) is 4.34. The fourth-order valence-corrected chi connectivity index (χ4v) is 3.10. The maximum absolute atomic E-state index is 3.71. The van der Waals surface area contributed by atoms with Gasteiger partial charge in [-0.15, -0.1) is 0 Å². The fourth-order valence-electron chi connectivity index (χ4n) is 3.10. The lowest BCUT2D eigenvalue weighted by atomic mass is 9.83. The molecule has 0 saturated heterocycles. The van der Waals surface area contributed by atoms with Crippen molar-refractivity contribution in [1.29, 1.82) is 0 Å². The van der Waals surface area contributed by atoms with Crippen LogP contribution in [0.25, 0.3) is 6.08 Å². The van der Waals surface area contributed by atoms with Crippen LogP contribution >= 0.6 is 0 Å². The molecule has 2 saturated carbocycles. The molecule has 1 nitrogen and oxygen atoms in total. The van der Waals surface area contributed by atoms with Gasteiger partial charge in [0.05, 0.1) is 0 Å². The maximum atomic E-state index is 3.71. The second kappa shape index (κ2) is 6.38. The first kappa shape index (κ1) is 12.9. The van der Waals surface area contributed by atoms with Gasteiger partial charge in [-0.05, 0) is 37.2 Å². The van der Waals surface area contributed by atoms with Gasteiger partial charge in [-0.3, -0.25) is 0 Å². The average Bonchev–Trinajstić information content (AvgIpc) is 3.30. The van der Waals surface area contributed by atoms with Gasteiger partial charge in [-0.1, -0.05) is 61.2 Å². The van der Waals surface area contributed by atoms with Gasteiger partial charge in [-0.25, -0.2) is 0 Å². The van der Waals surface area contributed by atoms with Crippen molar-refractivity contribution < 1.29 is 0 Å². The summed E-state index contributed by atoms with van der Waals surface area (Å²) in [4.78, 5) is 0. The summed E-state index contributed by atoms with van der Waals surface area (Å²) in [6.07, 6.45) is 12.2. The first-order chi connectivity index (χ1) is 9.42. The molecule has 1 aromatic rings. The third kappa shape index (κ3) is 3.94. The average molecular weight is 255 g/mol. The summed E-state index contributed by atoms with van der Waals surface area (Å²) in [5, 5.41) is 3.71. The van der Waals surface area contributed by atoms with Crippen molar-refractivity contribution in [3.05, 3.63) is 41.5 Å². The van der Waals surface area contributed by atoms with E-state index in [4.69, 9.17) is 0 Å². The molecule has 0 radical (unpaired) electrons. The standard InChI is InChI=1S/C18H25N/c1-3-7-15(8-4-1)13-17(14-19-18-11-12-18)16-9-5-2-6-10-16/h1,3-4,7-8,13,16,18-19H,2,5-6,9-12,14H2. The van der Waals surface area contributed by atoms with Gasteiger partial charge < -0.3 is 5.32 Å². The molecule has 0 aliphatic heterocycles. The Hall–Kier alpha value is -1.08. The number of hydrogen-bond donors (Lipinski definition) is 1.